The molecule has 0 aromatic heterocycles. The Hall–Kier alpha value is -4.09. The third kappa shape index (κ3) is 5.90. The molecule has 0 fully saturated rings. The van der Waals surface area contributed by atoms with Gasteiger partial charge in [-0.25, -0.2) is 16.8 Å². The number of hydrogen-bond acceptors (Lipinski definition) is 6. The van der Waals surface area contributed by atoms with Gasteiger partial charge in [0.1, 0.15) is 11.8 Å². The third-order valence-corrected chi connectivity index (χ3v) is 8.50. The average molecular weight is 554 g/mol. The summed E-state index contributed by atoms with van der Waals surface area (Å²) in [6.45, 7) is 1.47. The molecule has 0 saturated heterocycles. The number of anilines is 3. The second-order valence-corrected chi connectivity index (χ2v) is 12.1. The van der Waals surface area contributed by atoms with Gasteiger partial charge in [-0.1, -0.05) is 36.4 Å². The van der Waals surface area contributed by atoms with E-state index in [0.29, 0.717) is 22.8 Å². The van der Waals surface area contributed by atoms with Crippen LogP contribution in [0.1, 0.15) is 6.92 Å². The quantitative estimate of drug-likeness (QED) is 0.316. The molecule has 0 aliphatic carbocycles. The molecule has 9 nitrogen and oxygen atoms in total. The van der Waals surface area contributed by atoms with Crippen LogP contribution in [0.25, 0.3) is 10.8 Å². The molecule has 0 spiro atoms. The summed E-state index contributed by atoms with van der Waals surface area (Å²) in [5, 5.41) is 4.32. The van der Waals surface area contributed by atoms with Crippen molar-refractivity contribution in [2.24, 2.45) is 0 Å². The molecule has 0 aliphatic heterocycles. The number of nitrogens with one attached hydrogen (secondary N) is 2. The number of hydrogen-bond donors (Lipinski definition) is 2. The molecule has 0 unspecified atom stereocenters. The highest BCUT2D eigenvalue weighted by atomic mass is 32.2. The van der Waals surface area contributed by atoms with E-state index in [1.54, 1.807) is 36.4 Å². The highest BCUT2D eigenvalue weighted by molar-refractivity contribution is 7.92. The monoisotopic (exact) mass is 553 g/mol. The molecule has 0 aliphatic rings. The van der Waals surface area contributed by atoms with Crippen LogP contribution < -0.4 is 19.1 Å². The Morgan fingerprint density at radius 1 is 0.842 bits per heavy atom. The van der Waals surface area contributed by atoms with Crippen LogP contribution in [0.5, 0.6) is 5.75 Å². The van der Waals surface area contributed by atoms with Crippen LogP contribution in [-0.2, 0) is 24.8 Å². The molecule has 2 N–H and O–H groups in total. The average Bonchev–Trinajstić information content (AvgIpc) is 2.89. The summed E-state index contributed by atoms with van der Waals surface area (Å²) >= 11 is 0. The lowest BCUT2D eigenvalue weighted by molar-refractivity contribution is -0.116. The molecule has 4 rings (SSSR count). The maximum atomic E-state index is 13.0. The molecule has 0 saturated carbocycles. The van der Waals surface area contributed by atoms with Gasteiger partial charge in [-0.2, -0.15) is 0 Å². The second kappa shape index (κ2) is 10.7. The molecular formula is C27H27N3O6S2. The van der Waals surface area contributed by atoms with Crippen LogP contribution in [0, 0.1) is 0 Å². The Labute approximate surface area is 222 Å². The summed E-state index contributed by atoms with van der Waals surface area (Å²) in [6, 6.07) is 23.6. The van der Waals surface area contributed by atoms with E-state index in [4.69, 9.17) is 4.74 Å². The summed E-state index contributed by atoms with van der Waals surface area (Å²) in [5.41, 5.74) is 1.07. The maximum absolute atomic E-state index is 13.0. The number of rotatable bonds is 9. The van der Waals surface area contributed by atoms with Crippen LogP contribution in [-0.4, -0.2) is 42.2 Å². The number of nitrogens with zero attached hydrogens (tertiary/aromatic N) is 1. The molecule has 198 valence electrons. The number of amides is 1. The molecule has 0 heterocycles. The van der Waals surface area contributed by atoms with E-state index in [2.05, 4.69) is 10.0 Å². The number of sulfonamides is 2. The zero-order chi connectivity index (χ0) is 27.5. The van der Waals surface area contributed by atoms with E-state index < -0.39 is 32.0 Å². The Morgan fingerprint density at radius 3 is 2.11 bits per heavy atom. The van der Waals surface area contributed by atoms with E-state index in [-0.39, 0.29) is 4.90 Å². The minimum Gasteiger partial charge on any atom is -0.497 e. The maximum Gasteiger partial charge on any atom is 0.261 e. The fraction of sp³-hybridized carbons (Fsp3) is 0.148. The van der Waals surface area contributed by atoms with Crippen LogP contribution in [0.2, 0.25) is 0 Å². The van der Waals surface area contributed by atoms with Gasteiger partial charge in [0, 0.05) is 11.1 Å². The molecule has 11 heteroatoms. The smallest absolute Gasteiger partial charge is 0.261 e. The third-order valence-electron chi connectivity index (χ3n) is 5.88. The summed E-state index contributed by atoms with van der Waals surface area (Å²) in [4.78, 5) is 13.0. The van der Waals surface area contributed by atoms with Crippen LogP contribution in [0.15, 0.2) is 95.9 Å². The van der Waals surface area contributed by atoms with Crippen molar-refractivity contribution in [3.8, 4) is 5.75 Å². The normalized spacial score (nSPS) is 12.5. The highest BCUT2D eigenvalue weighted by Crippen LogP contribution is 2.27. The Kier molecular flexibility index (Phi) is 7.61. The van der Waals surface area contributed by atoms with Crippen LogP contribution in [0.3, 0.4) is 0 Å². The SMILES string of the molecule is COc1ccc(N([C@H](C)C(=O)Nc2ccc(S(=O)(=O)Nc3cccc4ccccc34)cc2)S(C)(=O)=O)cc1. The molecule has 4 aromatic carbocycles. The first-order chi connectivity index (χ1) is 18.0. The standard InChI is InChI=1S/C27H27N3O6S2/c1-19(30(37(3,32)33)22-13-15-23(36-2)16-14-22)27(31)28-21-11-17-24(18-12-21)38(34,35)29-26-10-6-8-20-7-4-5-9-25(20)26/h4-19,29H,1-3H3,(H,28,31)/t19-/m1/s1. The molecule has 1 amide bonds. The van der Waals surface area contributed by atoms with E-state index >= 15 is 0 Å². The topological polar surface area (TPSA) is 122 Å². The summed E-state index contributed by atoms with van der Waals surface area (Å²) in [5.74, 6) is -0.0416. The molecule has 0 bridgehead atoms. The largest absolute Gasteiger partial charge is 0.497 e. The van der Waals surface area contributed by atoms with Gasteiger partial charge in [-0.05, 0) is 66.9 Å². The van der Waals surface area contributed by atoms with Crippen molar-refractivity contribution < 1.29 is 26.4 Å². The molecule has 4 aromatic rings. The van der Waals surface area contributed by atoms with Crippen molar-refractivity contribution in [3.63, 3.8) is 0 Å². The van der Waals surface area contributed by atoms with Crippen LogP contribution in [0.4, 0.5) is 17.1 Å². The van der Waals surface area contributed by atoms with Crippen molar-refractivity contribution in [2.45, 2.75) is 17.9 Å². The van der Waals surface area contributed by atoms with Crippen LogP contribution >= 0.6 is 0 Å². The number of carbonyl (C=O) groups excluding carboxylic acids is 1. The zero-order valence-electron chi connectivity index (χ0n) is 21.0. The molecule has 1 atom stereocenters. The second-order valence-electron chi connectivity index (χ2n) is 8.58. The Bertz CT molecular complexity index is 1670. The van der Waals surface area contributed by atoms with Gasteiger partial charge < -0.3 is 10.1 Å². The minimum atomic E-state index is -3.90. The Morgan fingerprint density at radius 2 is 1.47 bits per heavy atom. The molecular weight excluding hydrogens is 526 g/mol. The highest BCUT2D eigenvalue weighted by Gasteiger charge is 2.29. The number of ether oxygens (including phenoxy) is 1. The van der Waals surface area contributed by atoms with Crippen molar-refractivity contribution in [2.75, 3.05) is 27.7 Å². The van der Waals surface area contributed by atoms with Crippen molar-refractivity contribution in [1.29, 1.82) is 0 Å². The molecule has 0 radical (unpaired) electrons. The van der Waals surface area contributed by atoms with Gasteiger partial charge in [0.25, 0.3) is 10.0 Å². The van der Waals surface area contributed by atoms with Crippen molar-refractivity contribution in [1.82, 2.24) is 0 Å². The van der Waals surface area contributed by atoms with Gasteiger partial charge in [-0.15, -0.1) is 0 Å². The zero-order valence-corrected chi connectivity index (χ0v) is 22.6. The van der Waals surface area contributed by atoms with Gasteiger partial charge in [0.15, 0.2) is 0 Å². The predicted octanol–water partition coefficient (Wildman–Crippen LogP) is 4.44. The van der Waals surface area contributed by atoms with E-state index in [1.807, 2.05) is 30.3 Å². The van der Waals surface area contributed by atoms with Gasteiger partial charge in [-0.3, -0.25) is 13.8 Å². The minimum absolute atomic E-state index is 0.00692. The predicted molar refractivity (Wildman–Crippen MR) is 150 cm³/mol. The molecule has 38 heavy (non-hydrogen) atoms. The first-order valence-corrected chi connectivity index (χ1v) is 14.9. The number of benzene rings is 4. The first kappa shape index (κ1) is 27.0. The van der Waals surface area contributed by atoms with Gasteiger partial charge in [0.05, 0.1) is 29.6 Å². The van der Waals surface area contributed by atoms with E-state index in [0.717, 1.165) is 21.3 Å². The number of fused-ring (bicyclic) bond motifs is 1. The number of carbonyl (C=O) groups is 1. The van der Waals surface area contributed by atoms with Gasteiger partial charge in [0.2, 0.25) is 15.9 Å². The summed E-state index contributed by atoms with van der Waals surface area (Å²) < 4.78 is 59.8. The van der Waals surface area contributed by atoms with E-state index in [9.17, 15) is 21.6 Å². The summed E-state index contributed by atoms with van der Waals surface area (Å²) in [7, 11) is -6.21. The van der Waals surface area contributed by atoms with Crippen molar-refractivity contribution >= 4 is 53.8 Å². The first-order valence-electron chi connectivity index (χ1n) is 11.5. The van der Waals surface area contributed by atoms with E-state index in [1.165, 1.54) is 38.3 Å². The lowest BCUT2D eigenvalue weighted by atomic mass is 10.1. The van der Waals surface area contributed by atoms with Crippen molar-refractivity contribution in [3.05, 3.63) is 91.0 Å². The fourth-order valence-corrected chi connectivity index (χ4v) is 6.27. The Balaban J connectivity index is 1.51. The lowest BCUT2D eigenvalue weighted by Crippen LogP contribution is -2.45. The van der Waals surface area contributed by atoms with Gasteiger partial charge >= 0.3 is 0 Å². The number of methoxy groups -OCH3 is 1. The lowest BCUT2D eigenvalue weighted by Gasteiger charge is -2.28. The summed E-state index contributed by atoms with van der Waals surface area (Å²) in [6.07, 6.45) is 1.02. The fourth-order valence-electron chi connectivity index (χ4n) is 4.02.